The topological polar surface area (TPSA) is 67.8 Å². The first-order valence-electron chi connectivity index (χ1n) is 12.6. The summed E-state index contributed by atoms with van der Waals surface area (Å²) in [4.78, 5) is 29.7. The quantitative estimate of drug-likeness (QED) is 0.400. The maximum atomic E-state index is 12.3. The van der Waals surface area contributed by atoms with E-state index in [0.29, 0.717) is 23.5 Å². The second kappa shape index (κ2) is 7.83. The molecule has 5 rings (SSSR count). The molecule has 7 atom stereocenters. The van der Waals surface area contributed by atoms with Crippen LogP contribution in [0.4, 0.5) is 0 Å². The highest BCUT2D eigenvalue weighted by Crippen LogP contribution is 2.66. The highest BCUT2D eigenvalue weighted by Gasteiger charge is 2.59. The van der Waals surface area contributed by atoms with Crippen molar-refractivity contribution in [3.05, 3.63) is 11.6 Å². The molecule has 0 bridgehead atoms. The molecule has 1 N–H and O–H groups in total. The maximum Gasteiger partial charge on any atom is 0.351 e. The minimum atomic E-state index is -0.230. The Hall–Kier alpha value is -1.49. The predicted octanol–water partition coefficient (Wildman–Crippen LogP) is 4.81. The van der Waals surface area contributed by atoms with Crippen LogP contribution in [-0.2, 0) is 14.4 Å². The van der Waals surface area contributed by atoms with Crippen LogP contribution in [0.5, 0.6) is 0 Å². The first-order chi connectivity index (χ1) is 14.8. The Morgan fingerprint density at radius 3 is 2.71 bits per heavy atom. The van der Waals surface area contributed by atoms with Crippen LogP contribution in [0.2, 0.25) is 0 Å². The SMILES string of the molecule is CC(=NOC(=O)[C@@H]1CCCN1)[C@H]1CC[C@H]2C3CCC4=CC(=O)CC[C@]4(C)C3CC[C@]12C. The van der Waals surface area contributed by atoms with Crippen molar-refractivity contribution in [1.82, 2.24) is 5.32 Å². The number of ketones is 1. The smallest absolute Gasteiger partial charge is 0.317 e. The molecule has 1 heterocycles. The van der Waals surface area contributed by atoms with E-state index in [1.165, 1.54) is 31.3 Å². The molecular formula is C26H38N2O3. The van der Waals surface area contributed by atoms with Crippen LogP contribution >= 0.6 is 0 Å². The summed E-state index contributed by atoms with van der Waals surface area (Å²) in [5, 5.41) is 7.55. The van der Waals surface area contributed by atoms with E-state index in [4.69, 9.17) is 4.84 Å². The summed E-state index contributed by atoms with van der Waals surface area (Å²) < 4.78 is 0. The van der Waals surface area contributed by atoms with Gasteiger partial charge in [0.15, 0.2) is 5.78 Å². The van der Waals surface area contributed by atoms with Crippen LogP contribution in [0.1, 0.15) is 85.0 Å². The third-order valence-corrected chi connectivity index (χ3v) is 10.1. The Bertz CT molecular complexity index is 827. The van der Waals surface area contributed by atoms with E-state index < -0.39 is 0 Å². The van der Waals surface area contributed by atoms with Crippen molar-refractivity contribution in [3.63, 3.8) is 0 Å². The lowest BCUT2D eigenvalue weighted by atomic mass is 9.46. The van der Waals surface area contributed by atoms with Crippen molar-refractivity contribution >= 4 is 17.5 Å². The van der Waals surface area contributed by atoms with Gasteiger partial charge in [0.05, 0.1) is 5.71 Å². The molecule has 0 aromatic heterocycles. The molecule has 5 heteroatoms. The van der Waals surface area contributed by atoms with E-state index in [0.717, 1.165) is 56.7 Å². The molecule has 170 valence electrons. The van der Waals surface area contributed by atoms with Gasteiger partial charge in [-0.3, -0.25) is 4.79 Å². The molecule has 5 nitrogen and oxygen atoms in total. The molecule has 2 unspecified atom stereocenters. The summed E-state index contributed by atoms with van der Waals surface area (Å²) in [6, 6.07) is -0.188. The van der Waals surface area contributed by atoms with E-state index in [2.05, 4.69) is 31.2 Å². The Labute approximate surface area is 186 Å². The van der Waals surface area contributed by atoms with Crippen molar-refractivity contribution in [1.29, 1.82) is 0 Å². The second-order valence-corrected chi connectivity index (χ2v) is 11.4. The van der Waals surface area contributed by atoms with Crippen LogP contribution in [0.15, 0.2) is 16.8 Å². The zero-order valence-electron chi connectivity index (χ0n) is 19.4. The maximum absolute atomic E-state index is 12.3. The molecule has 31 heavy (non-hydrogen) atoms. The second-order valence-electron chi connectivity index (χ2n) is 11.4. The zero-order valence-corrected chi connectivity index (χ0v) is 19.4. The van der Waals surface area contributed by atoms with Gasteiger partial charge in [-0.05, 0) is 106 Å². The Balaban J connectivity index is 1.32. The molecule has 4 fully saturated rings. The molecule has 5 aliphatic rings. The molecule has 0 radical (unpaired) electrons. The fourth-order valence-corrected chi connectivity index (χ4v) is 8.38. The molecule has 0 amide bonds. The summed E-state index contributed by atoms with van der Waals surface area (Å²) in [5.74, 6) is 2.68. The van der Waals surface area contributed by atoms with Gasteiger partial charge in [0.1, 0.15) is 6.04 Å². The van der Waals surface area contributed by atoms with Crippen molar-refractivity contribution in [2.45, 2.75) is 91.0 Å². The van der Waals surface area contributed by atoms with Crippen LogP contribution in [0, 0.1) is 34.5 Å². The highest BCUT2D eigenvalue weighted by atomic mass is 16.7. The standard InChI is InChI=1S/C26H38N2O3/c1-16(28-31-24(30)23-5-4-14-27-23)20-8-9-21-19-7-6-17-15-18(29)10-12-25(17,2)22(19)11-13-26(20,21)3/h15,19-23,27H,4-14H2,1-3H3/t19?,20-,21+,22?,23+,25+,26-/m1/s1. The van der Waals surface area contributed by atoms with Crippen LogP contribution in [0.3, 0.4) is 0 Å². The molecular weight excluding hydrogens is 388 g/mol. The Morgan fingerprint density at radius 2 is 1.94 bits per heavy atom. The lowest BCUT2D eigenvalue weighted by molar-refractivity contribution is -0.145. The third kappa shape index (κ3) is 3.42. The van der Waals surface area contributed by atoms with Gasteiger partial charge in [-0.25, -0.2) is 4.79 Å². The van der Waals surface area contributed by atoms with Crippen LogP contribution in [-0.4, -0.2) is 30.1 Å². The van der Waals surface area contributed by atoms with Gasteiger partial charge in [-0.1, -0.05) is 24.6 Å². The first-order valence-corrected chi connectivity index (χ1v) is 12.6. The number of nitrogens with zero attached hydrogens (tertiary/aromatic N) is 1. The van der Waals surface area contributed by atoms with Crippen molar-refractivity contribution in [3.8, 4) is 0 Å². The van der Waals surface area contributed by atoms with Crippen LogP contribution < -0.4 is 5.32 Å². The summed E-state index contributed by atoms with van der Waals surface area (Å²) in [7, 11) is 0. The van der Waals surface area contributed by atoms with Gasteiger partial charge in [0, 0.05) is 12.3 Å². The van der Waals surface area contributed by atoms with E-state index in [9.17, 15) is 9.59 Å². The van der Waals surface area contributed by atoms with Crippen molar-refractivity contribution < 1.29 is 14.4 Å². The lowest BCUT2D eigenvalue weighted by Crippen LogP contribution is -2.51. The zero-order chi connectivity index (χ0) is 21.8. The highest BCUT2D eigenvalue weighted by molar-refractivity contribution is 5.91. The van der Waals surface area contributed by atoms with Gasteiger partial charge in [-0.15, -0.1) is 0 Å². The first kappa shape index (κ1) is 21.4. The van der Waals surface area contributed by atoms with Gasteiger partial charge in [-0.2, -0.15) is 0 Å². The van der Waals surface area contributed by atoms with Gasteiger partial charge in [0.2, 0.25) is 0 Å². The number of rotatable bonds is 3. The Kier molecular flexibility index (Phi) is 5.39. The number of hydrogen-bond donors (Lipinski definition) is 1. The summed E-state index contributed by atoms with van der Waals surface area (Å²) in [6.07, 6.45) is 12.8. The third-order valence-electron chi connectivity index (χ3n) is 10.1. The summed E-state index contributed by atoms with van der Waals surface area (Å²) in [5.41, 5.74) is 2.91. The van der Waals surface area contributed by atoms with Crippen molar-refractivity contribution in [2.75, 3.05) is 6.54 Å². The largest absolute Gasteiger partial charge is 0.351 e. The average molecular weight is 427 g/mol. The number of fused-ring (bicyclic) bond motifs is 5. The Morgan fingerprint density at radius 1 is 1.10 bits per heavy atom. The minimum Gasteiger partial charge on any atom is -0.317 e. The van der Waals surface area contributed by atoms with E-state index >= 15 is 0 Å². The van der Waals surface area contributed by atoms with E-state index in [1.54, 1.807) is 0 Å². The molecule has 3 saturated carbocycles. The molecule has 1 saturated heterocycles. The van der Waals surface area contributed by atoms with Gasteiger partial charge < -0.3 is 10.2 Å². The van der Waals surface area contributed by atoms with Gasteiger partial charge >= 0.3 is 5.97 Å². The fourth-order valence-electron chi connectivity index (χ4n) is 8.38. The molecule has 0 aromatic carbocycles. The molecule has 1 aliphatic heterocycles. The fraction of sp³-hybridized carbons (Fsp3) is 0.808. The monoisotopic (exact) mass is 426 g/mol. The van der Waals surface area contributed by atoms with Crippen molar-refractivity contribution in [2.24, 2.45) is 39.7 Å². The number of allylic oxidation sites excluding steroid dienone is 1. The molecule has 0 spiro atoms. The summed E-state index contributed by atoms with van der Waals surface area (Å²) >= 11 is 0. The average Bonchev–Trinajstić information content (AvgIpc) is 3.40. The van der Waals surface area contributed by atoms with Gasteiger partial charge in [0.25, 0.3) is 0 Å². The molecule has 0 aromatic rings. The number of oxime groups is 1. The number of nitrogens with one attached hydrogen (secondary N) is 1. The number of carbonyl (C=O) groups is 2. The normalized spacial score (nSPS) is 44.9. The van der Waals surface area contributed by atoms with E-state index in [1.807, 2.05) is 6.08 Å². The lowest BCUT2D eigenvalue weighted by Gasteiger charge is -2.58. The van der Waals surface area contributed by atoms with Crippen LogP contribution in [0.25, 0.3) is 0 Å². The van der Waals surface area contributed by atoms with E-state index in [-0.39, 0.29) is 22.8 Å². The number of hydrogen-bond acceptors (Lipinski definition) is 5. The predicted molar refractivity (Wildman–Crippen MR) is 120 cm³/mol. The minimum absolute atomic E-state index is 0.188. The number of carbonyl (C=O) groups excluding carboxylic acids is 2. The molecule has 4 aliphatic carbocycles. The summed E-state index contributed by atoms with van der Waals surface area (Å²) in [6.45, 7) is 7.87.